The SMILES string of the molecule is COc1ccc(O)c(C(=O)NCC2(C)CCCO2)c1. The van der Waals surface area contributed by atoms with Crippen LogP contribution in [0.15, 0.2) is 18.2 Å². The van der Waals surface area contributed by atoms with Gasteiger partial charge in [-0.1, -0.05) is 0 Å². The summed E-state index contributed by atoms with van der Waals surface area (Å²) in [5, 5.41) is 12.5. The van der Waals surface area contributed by atoms with Gasteiger partial charge in [-0.25, -0.2) is 0 Å². The summed E-state index contributed by atoms with van der Waals surface area (Å²) in [7, 11) is 1.52. The van der Waals surface area contributed by atoms with Crippen molar-refractivity contribution >= 4 is 5.91 Å². The third-order valence-electron chi connectivity index (χ3n) is 3.37. The Kier molecular flexibility index (Phi) is 3.95. The van der Waals surface area contributed by atoms with Crippen LogP contribution in [0.2, 0.25) is 0 Å². The van der Waals surface area contributed by atoms with Gasteiger partial charge in [0, 0.05) is 13.2 Å². The molecule has 1 heterocycles. The van der Waals surface area contributed by atoms with Crippen LogP contribution in [0.4, 0.5) is 0 Å². The lowest BCUT2D eigenvalue weighted by molar-refractivity contribution is 0.0205. The van der Waals surface area contributed by atoms with Gasteiger partial charge in [-0.2, -0.15) is 0 Å². The maximum atomic E-state index is 12.1. The molecule has 1 unspecified atom stereocenters. The highest BCUT2D eigenvalue weighted by atomic mass is 16.5. The molecule has 0 aliphatic carbocycles. The minimum Gasteiger partial charge on any atom is -0.507 e. The number of aromatic hydroxyl groups is 1. The van der Waals surface area contributed by atoms with E-state index in [1.165, 1.54) is 19.2 Å². The van der Waals surface area contributed by atoms with E-state index < -0.39 is 0 Å². The van der Waals surface area contributed by atoms with Gasteiger partial charge in [0.15, 0.2) is 0 Å². The van der Waals surface area contributed by atoms with E-state index in [0.717, 1.165) is 19.4 Å². The van der Waals surface area contributed by atoms with Gasteiger partial charge in [0.1, 0.15) is 11.5 Å². The molecule has 104 valence electrons. The van der Waals surface area contributed by atoms with Gasteiger partial charge in [-0.15, -0.1) is 0 Å². The summed E-state index contributed by atoms with van der Waals surface area (Å²) >= 11 is 0. The van der Waals surface area contributed by atoms with Crippen molar-refractivity contribution < 1.29 is 19.4 Å². The fourth-order valence-electron chi connectivity index (χ4n) is 2.16. The fourth-order valence-corrected chi connectivity index (χ4v) is 2.16. The van der Waals surface area contributed by atoms with Crippen LogP contribution >= 0.6 is 0 Å². The fraction of sp³-hybridized carbons (Fsp3) is 0.500. The van der Waals surface area contributed by atoms with Crippen LogP contribution in [-0.2, 0) is 4.74 Å². The number of methoxy groups -OCH3 is 1. The molecule has 1 aliphatic rings. The van der Waals surface area contributed by atoms with Crippen LogP contribution in [-0.4, -0.2) is 36.9 Å². The minimum absolute atomic E-state index is 0.0595. The summed E-state index contributed by atoms with van der Waals surface area (Å²) in [4.78, 5) is 12.1. The highest BCUT2D eigenvalue weighted by Gasteiger charge is 2.30. The second-order valence-corrected chi connectivity index (χ2v) is 4.97. The van der Waals surface area contributed by atoms with E-state index in [1.54, 1.807) is 6.07 Å². The summed E-state index contributed by atoms with van der Waals surface area (Å²) in [5.41, 5.74) is -0.0922. The highest BCUT2D eigenvalue weighted by Crippen LogP contribution is 2.25. The Hall–Kier alpha value is -1.75. The normalized spacial score (nSPS) is 22.2. The summed E-state index contributed by atoms with van der Waals surface area (Å²) < 4.78 is 10.6. The van der Waals surface area contributed by atoms with Crippen molar-refractivity contribution in [1.29, 1.82) is 0 Å². The monoisotopic (exact) mass is 265 g/mol. The van der Waals surface area contributed by atoms with Gasteiger partial charge in [0.25, 0.3) is 5.91 Å². The number of amides is 1. The van der Waals surface area contributed by atoms with E-state index >= 15 is 0 Å². The molecular weight excluding hydrogens is 246 g/mol. The predicted molar refractivity (Wildman–Crippen MR) is 70.6 cm³/mol. The molecular formula is C14H19NO4. The Morgan fingerprint density at radius 3 is 3.00 bits per heavy atom. The lowest BCUT2D eigenvalue weighted by atomic mass is 10.0. The van der Waals surface area contributed by atoms with E-state index in [1.807, 2.05) is 6.92 Å². The largest absolute Gasteiger partial charge is 0.507 e. The first-order valence-electron chi connectivity index (χ1n) is 6.33. The molecule has 0 radical (unpaired) electrons. The van der Waals surface area contributed by atoms with Gasteiger partial charge in [-0.3, -0.25) is 4.79 Å². The standard InChI is InChI=1S/C14H19NO4/c1-14(6-3-7-19-14)9-15-13(17)11-8-10(18-2)4-5-12(11)16/h4-5,8,16H,3,6-7,9H2,1-2H3,(H,15,17). The van der Waals surface area contributed by atoms with Gasteiger partial charge in [-0.05, 0) is 38.0 Å². The summed E-state index contributed by atoms with van der Waals surface area (Å²) in [6.07, 6.45) is 1.94. The van der Waals surface area contributed by atoms with Crippen LogP contribution in [0.1, 0.15) is 30.1 Å². The molecule has 1 aromatic rings. The van der Waals surface area contributed by atoms with E-state index in [9.17, 15) is 9.90 Å². The molecule has 1 amide bonds. The van der Waals surface area contributed by atoms with Crippen molar-refractivity contribution in [1.82, 2.24) is 5.32 Å². The minimum atomic E-state index is -0.326. The Bertz CT molecular complexity index is 467. The molecule has 2 rings (SSSR count). The summed E-state index contributed by atoms with van der Waals surface area (Å²) in [6, 6.07) is 4.57. The van der Waals surface area contributed by atoms with E-state index in [-0.39, 0.29) is 22.8 Å². The molecule has 1 aromatic carbocycles. The molecule has 0 spiro atoms. The number of hydrogen-bond acceptors (Lipinski definition) is 4. The first kappa shape index (κ1) is 13.7. The zero-order valence-corrected chi connectivity index (χ0v) is 11.2. The highest BCUT2D eigenvalue weighted by molar-refractivity contribution is 5.97. The molecule has 0 saturated carbocycles. The topological polar surface area (TPSA) is 67.8 Å². The molecule has 0 aromatic heterocycles. The van der Waals surface area contributed by atoms with Crippen LogP contribution in [0.25, 0.3) is 0 Å². The third kappa shape index (κ3) is 3.17. The van der Waals surface area contributed by atoms with Crippen molar-refractivity contribution in [2.45, 2.75) is 25.4 Å². The maximum Gasteiger partial charge on any atom is 0.255 e. The Morgan fingerprint density at radius 2 is 2.37 bits per heavy atom. The van der Waals surface area contributed by atoms with E-state index in [4.69, 9.17) is 9.47 Å². The van der Waals surface area contributed by atoms with Crippen LogP contribution in [0.5, 0.6) is 11.5 Å². The number of carbonyl (C=O) groups is 1. The van der Waals surface area contributed by atoms with Gasteiger partial charge < -0.3 is 19.9 Å². The zero-order chi connectivity index (χ0) is 13.9. The lowest BCUT2D eigenvalue weighted by Gasteiger charge is -2.23. The maximum absolute atomic E-state index is 12.1. The Balaban J connectivity index is 2.03. The second kappa shape index (κ2) is 5.48. The Morgan fingerprint density at radius 1 is 1.58 bits per heavy atom. The summed E-state index contributed by atoms with van der Waals surface area (Å²) in [5.74, 6) is 0.148. The number of ether oxygens (including phenoxy) is 2. The number of phenols is 1. The van der Waals surface area contributed by atoms with Crippen molar-refractivity contribution in [3.63, 3.8) is 0 Å². The zero-order valence-electron chi connectivity index (χ0n) is 11.2. The van der Waals surface area contributed by atoms with Crippen molar-refractivity contribution in [3.05, 3.63) is 23.8 Å². The van der Waals surface area contributed by atoms with E-state index in [2.05, 4.69) is 5.32 Å². The molecule has 5 nitrogen and oxygen atoms in total. The van der Waals surface area contributed by atoms with Crippen LogP contribution in [0, 0.1) is 0 Å². The molecule has 1 saturated heterocycles. The molecule has 19 heavy (non-hydrogen) atoms. The van der Waals surface area contributed by atoms with Crippen molar-refractivity contribution in [2.75, 3.05) is 20.3 Å². The summed E-state index contributed by atoms with van der Waals surface area (Å²) in [6.45, 7) is 3.14. The van der Waals surface area contributed by atoms with Gasteiger partial charge >= 0.3 is 0 Å². The quantitative estimate of drug-likeness (QED) is 0.869. The number of hydrogen-bond donors (Lipinski definition) is 2. The lowest BCUT2D eigenvalue weighted by Crippen LogP contribution is -2.40. The average Bonchev–Trinajstić information content (AvgIpc) is 2.84. The smallest absolute Gasteiger partial charge is 0.255 e. The van der Waals surface area contributed by atoms with Crippen molar-refractivity contribution in [3.8, 4) is 11.5 Å². The first-order valence-corrected chi connectivity index (χ1v) is 6.33. The predicted octanol–water partition coefficient (Wildman–Crippen LogP) is 1.70. The number of nitrogens with one attached hydrogen (secondary N) is 1. The van der Waals surface area contributed by atoms with E-state index in [0.29, 0.717) is 12.3 Å². The number of benzene rings is 1. The molecule has 2 N–H and O–H groups in total. The third-order valence-corrected chi connectivity index (χ3v) is 3.37. The van der Waals surface area contributed by atoms with Gasteiger partial charge in [0.05, 0.1) is 18.3 Å². The van der Waals surface area contributed by atoms with Crippen molar-refractivity contribution in [2.24, 2.45) is 0 Å². The van der Waals surface area contributed by atoms with Crippen LogP contribution < -0.4 is 10.1 Å². The number of rotatable bonds is 4. The first-order chi connectivity index (χ1) is 9.04. The second-order valence-electron chi connectivity index (χ2n) is 4.97. The molecule has 1 fully saturated rings. The molecule has 5 heteroatoms. The molecule has 1 aliphatic heterocycles. The number of carbonyl (C=O) groups excluding carboxylic acids is 1. The molecule has 1 atom stereocenters. The van der Waals surface area contributed by atoms with Crippen LogP contribution in [0.3, 0.4) is 0 Å². The van der Waals surface area contributed by atoms with Gasteiger partial charge in [0.2, 0.25) is 0 Å². The number of phenolic OH excluding ortho intramolecular Hbond substituents is 1. The Labute approximate surface area is 112 Å². The average molecular weight is 265 g/mol. The molecule has 0 bridgehead atoms.